The Morgan fingerprint density at radius 2 is 2.00 bits per heavy atom. The number of aliphatic imine (C=N–C) groups is 1. The molecule has 4 rings (SSSR count). The normalized spacial score (nSPS) is 17.3. The molecule has 28 heavy (non-hydrogen) atoms. The van der Waals surface area contributed by atoms with Crippen LogP contribution in [-0.2, 0) is 13.6 Å². The van der Waals surface area contributed by atoms with Crippen LogP contribution in [0, 0.1) is 0 Å². The molecule has 146 valence electrons. The fourth-order valence-electron chi connectivity index (χ4n) is 3.94. The van der Waals surface area contributed by atoms with Gasteiger partial charge in [-0.05, 0) is 36.2 Å². The highest BCUT2D eigenvalue weighted by molar-refractivity contribution is 5.80. The number of rotatable bonds is 4. The average molecular weight is 377 g/mol. The highest BCUT2D eigenvalue weighted by atomic mass is 16.5. The van der Waals surface area contributed by atoms with E-state index in [2.05, 4.69) is 45.0 Å². The van der Waals surface area contributed by atoms with Gasteiger partial charge in [-0.2, -0.15) is 0 Å². The Hall–Kier alpha value is -3.02. The van der Waals surface area contributed by atoms with Gasteiger partial charge in [-0.1, -0.05) is 24.3 Å². The molecule has 1 saturated heterocycles. The number of aromatic nitrogens is 2. The first-order valence-corrected chi connectivity index (χ1v) is 9.69. The zero-order chi connectivity index (χ0) is 19.5. The maximum Gasteiger partial charge on any atom is 0.194 e. The number of para-hydroxylation sites is 2. The lowest BCUT2D eigenvalue weighted by atomic mass is 9.98. The molecule has 0 amide bonds. The lowest BCUT2D eigenvalue weighted by Gasteiger charge is -2.21. The van der Waals surface area contributed by atoms with Crippen molar-refractivity contribution in [2.45, 2.75) is 18.9 Å². The molecule has 1 N–H and O–H groups in total. The van der Waals surface area contributed by atoms with Gasteiger partial charge in [0.05, 0.1) is 24.7 Å². The number of benzene rings is 2. The van der Waals surface area contributed by atoms with E-state index in [-0.39, 0.29) is 0 Å². The molecule has 1 aromatic heterocycles. The largest absolute Gasteiger partial charge is 0.497 e. The molecule has 2 heterocycles. The molecule has 0 radical (unpaired) electrons. The Bertz CT molecular complexity index is 976. The maximum atomic E-state index is 5.27. The molecule has 0 saturated carbocycles. The highest BCUT2D eigenvalue weighted by Crippen LogP contribution is 2.28. The molecule has 1 unspecified atom stereocenters. The van der Waals surface area contributed by atoms with E-state index in [4.69, 9.17) is 9.72 Å². The molecule has 1 atom stereocenters. The Morgan fingerprint density at radius 3 is 2.71 bits per heavy atom. The van der Waals surface area contributed by atoms with Gasteiger partial charge < -0.3 is 19.5 Å². The van der Waals surface area contributed by atoms with E-state index in [1.807, 2.05) is 37.4 Å². The van der Waals surface area contributed by atoms with E-state index in [1.165, 1.54) is 5.56 Å². The Morgan fingerprint density at radius 1 is 1.21 bits per heavy atom. The van der Waals surface area contributed by atoms with Crippen LogP contribution in [0.5, 0.6) is 5.75 Å². The highest BCUT2D eigenvalue weighted by Gasteiger charge is 2.26. The van der Waals surface area contributed by atoms with Gasteiger partial charge in [0, 0.05) is 33.1 Å². The monoisotopic (exact) mass is 377 g/mol. The molecule has 6 heteroatoms. The predicted octanol–water partition coefficient (Wildman–Crippen LogP) is 3.15. The quantitative estimate of drug-likeness (QED) is 0.561. The first-order chi connectivity index (χ1) is 13.7. The number of imidazole rings is 1. The number of hydrogen-bond donors (Lipinski definition) is 1. The number of ether oxygens (including phenoxy) is 1. The van der Waals surface area contributed by atoms with E-state index in [1.54, 1.807) is 7.11 Å². The summed E-state index contributed by atoms with van der Waals surface area (Å²) in [6.07, 6.45) is 1.12. The van der Waals surface area contributed by atoms with Gasteiger partial charge in [-0.15, -0.1) is 0 Å². The van der Waals surface area contributed by atoms with Crippen molar-refractivity contribution in [1.82, 2.24) is 19.8 Å². The SMILES string of the molecule is CN=C(NCc1nc2ccccc2n1C)N1CCC(c2ccc(OC)cc2)C1. The second-order valence-corrected chi connectivity index (χ2v) is 7.18. The zero-order valence-corrected chi connectivity index (χ0v) is 16.7. The van der Waals surface area contributed by atoms with Crippen molar-refractivity contribution in [1.29, 1.82) is 0 Å². The smallest absolute Gasteiger partial charge is 0.194 e. The van der Waals surface area contributed by atoms with Crippen LogP contribution in [0.25, 0.3) is 11.0 Å². The van der Waals surface area contributed by atoms with E-state index < -0.39 is 0 Å². The number of likely N-dealkylation sites (tertiary alicyclic amines) is 1. The van der Waals surface area contributed by atoms with Crippen molar-refractivity contribution in [3.05, 3.63) is 59.9 Å². The van der Waals surface area contributed by atoms with Crippen LogP contribution in [0.1, 0.15) is 23.7 Å². The molecule has 0 bridgehead atoms. The summed E-state index contributed by atoms with van der Waals surface area (Å²) in [4.78, 5) is 11.6. The summed E-state index contributed by atoms with van der Waals surface area (Å²) in [5.41, 5.74) is 3.53. The fourth-order valence-corrected chi connectivity index (χ4v) is 3.94. The number of nitrogens with zero attached hydrogens (tertiary/aromatic N) is 4. The van der Waals surface area contributed by atoms with Crippen molar-refractivity contribution >= 4 is 17.0 Å². The lowest BCUT2D eigenvalue weighted by molar-refractivity contribution is 0.414. The summed E-state index contributed by atoms with van der Waals surface area (Å²) in [7, 11) is 5.61. The second-order valence-electron chi connectivity index (χ2n) is 7.18. The summed E-state index contributed by atoms with van der Waals surface area (Å²) in [6.45, 7) is 2.62. The Balaban J connectivity index is 1.41. The van der Waals surface area contributed by atoms with Crippen LogP contribution in [0.15, 0.2) is 53.5 Å². The van der Waals surface area contributed by atoms with Crippen LogP contribution >= 0.6 is 0 Å². The summed E-state index contributed by atoms with van der Waals surface area (Å²) >= 11 is 0. The third kappa shape index (κ3) is 3.54. The second kappa shape index (κ2) is 7.92. The zero-order valence-electron chi connectivity index (χ0n) is 16.7. The van der Waals surface area contributed by atoms with Gasteiger partial charge in [0.25, 0.3) is 0 Å². The summed E-state index contributed by atoms with van der Waals surface area (Å²) < 4.78 is 7.41. The van der Waals surface area contributed by atoms with Gasteiger partial charge in [0.15, 0.2) is 5.96 Å². The lowest BCUT2D eigenvalue weighted by Crippen LogP contribution is -2.40. The number of methoxy groups -OCH3 is 1. The van der Waals surface area contributed by atoms with Crippen molar-refractivity contribution in [3.63, 3.8) is 0 Å². The Kier molecular flexibility index (Phi) is 5.19. The van der Waals surface area contributed by atoms with Crippen LogP contribution in [0.3, 0.4) is 0 Å². The minimum absolute atomic E-state index is 0.514. The molecule has 1 fully saturated rings. The van der Waals surface area contributed by atoms with Crippen molar-refractivity contribution < 1.29 is 4.74 Å². The molecule has 6 nitrogen and oxygen atoms in total. The van der Waals surface area contributed by atoms with Crippen LogP contribution < -0.4 is 10.1 Å². The van der Waals surface area contributed by atoms with Crippen molar-refractivity contribution in [2.75, 3.05) is 27.2 Å². The van der Waals surface area contributed by atoms with Gasteiger partial charge in [-0.25, -0.2) is 4.98 Å². The molecular weight excluding hydrogens is 350 g/mol. The third-order valence-electron chi connectivity index (χ3n) is 5.57. The van der Waals surface area contributed by atoms with Crippen LogP contribution in [0.4, 0.5) is 0 Å². The van der Waals surface area contributed by atoms with Crippen LogP contribution in [-0.4, -0.2) is 47.7 Å². The van der Waals surface area contributed by atoms with E-state index in [0.29, 0.717) is 12.5 Å². The molecule has 1 aliphatic heterocycles. The summed E-state index contributed by atoms with van der Waals surface area (Å²) in [5.74, 6) is 3.36. The fraction of sp³-hybridized carbons (Fsp3) is 0.364. The molecular formula is C22H27N5O. The molecule has 0 spiro atoms. The first-order valence-electron chi connectivity index (χ1n) is 9.69. The van der Waals surface area contributed by atoms with Gasteiger partial charge in [0.2, 0.25) is 0 Å². The molecule has 2 aromatic carbocycles. The van der Waals surface area contributed by atoms with Gasteiger partial charge >= 0.3 is 0 Å². The number of nitrogens with one attached hydrogen (secondary N) is 1. The topological polar surface area (TPSA) is 54.7 Å². The average Bonchev–Trinajstić information content (AvgIpc) is 3.34. The molecule has 3 aromatic rings. The number of hydrogen-bond acceptors (Lipinski definition) is 3. The van der Waals surface area contributed by atoms with Gasteiger partial charge in [-0.3, -0.25) is 4.99 Å². The predicted molar refractivity (Wildman–Crippen MR) is 113 cm³/mol. The van der Waals surface area contributed by atoms with Gasteiger partial charge in [0.1, 0.15) is 11.6 Å². The Labute approximate surface area is 165 Å². The van der Waals surface area contributed by atoms with E-state index >= 15 is 0 Å². The summed E-state index contributed by atoms with van der Waals surface area (Å²) in [6, 6.07) is 16.6. The standard InChI is InChI=1S/C22H27N5O/c1-23-22(24-14-21-25-19-6-4-5-7-20(19)26(21)2)27-13-12-17(15-27)16-8-10-18(28-3)11-9-16/h4-11,17H,12-15H2,1-3H3,(H,23,24). The van der Waals surface area contributed by atoms with Crippen molar-refractivity contribution in [2.24, 2.45) is 12.0 Å². The minimum atomic E-state index is 0.514. The molecule has 1 aliphatic rings. The minimum Gasteiger partial charge on any atom is -0.497 e. The van der Waals surface area contributed by atoms with Crippen molar-refractivity contribution in [3.8, 4) is 5.75 Å². The van der Waals surface area contributed by atoms with E-state index in [9.17, 15) is 0 Å². The van der Waals surface area contributed by atoms with Crippen LogP contribution in [0.2, 0.25) is 0 Å². The number of guanidine groups is 1. The van der Waals surface area contributed by atoms with E-state index in [0.717, 1.165) is 48.1 Å². The third-order valence-corrected chi connectivity index (χ3v) is 5.57. The maximum absolute atomic E-state index is 5.27. The first kappa shape index (κ1) is 18.3. The number of fused-ring (bicyclic) bond motifs is 1. The molecule has 0 aliphatic carbocycles. The summed E-state index contributed by atoms with van der Waals surface area (Å²) in [5, 5.41) is 3.49. The number of aryl methyl sites for hydroxylation is 1.